The number of hydrogen-bond donors (Lipinski definition) is 0. The van der Waals surface area contributed by atoms with Gasteiger partial charge in [-0.15, -0.1) is 0 Å². The molecule has 0 spiro atoms. The van der Waals surface area contributed by atoms with Gasteiger partial charge in [0.15, 0.2) is 0 Å². The van der Waals surface area contributed by atoms with Crippen LogP contribution in [0.3, 0.4) is 0 Å². The molecule has 1 aromatic heterocycles. The molecule has 138 valence electrons. The highest BCUT2D eigenvalue weighted by Crippen LogP contribution is 2.34. The zero-order valence-electron chi connectivity index (χ0n) is 15.7. The molecule has 0 saturated carbocycles. The van der Waals surface area contributed by atoms with Gasteiger partial charge in [0.05, 0.1) is 5.52 Å². The lowest BCUT2D eigenvalue weighted by Crippen LogP contribution is -2.34. The van der Waals surface area contributed by atoms with E-state index in [2.05, 4.69) is 53.4 Å². The average Bonchev–Trinajstić information content (AvgIpc) is 3.21. The van der Waals surface area contributed by atoms with Crippen LogP contribution >= 0.6 is 0 Å². The van der Waals surface area contributed by atoms with E-state index in [-0.39, 0.29) is 5.92 Å². The van der Waals surface area contributed by atoms with Crippen LogP contribution in [0.2, 0.25) is 0 Å². The zero-order valence-corrected chi connectivity index (χ0v) is 15.7. The second-order valence-electron chi connectivity index (χ2n) is 8.21. The van der Waals surface area contributed by atoms with Gasteiger partial charge in [-0.1, -0.05) is 48.5 Å². The van der Waals surface area contributed by atoms with Crippen molar-refractivity contribution in [3.05, 3.63) is 71.9 Å². The van der Waals surface area contributed by atoms with Crippen molar-refractivity contribution in [2.45, 2.75) is 32.2 Å². The maximum Gasteiger partial charge on any atom is 0.234 e. The van der Waals surface area contributed by atoms with Crippen molar-refractivity contribution in [1.29, 1.82) is 0 Å². The number of carbonyl (C=O) groups is 1. The van der Waals surface area contributed by atoms with Crippen LogP contribution in [0.1, 0.15) is 35.3 Å². The second kappa shape index (κ2) is 6.97. The van der Waals surface area contributed by atoms with Gasteiger partial charge in [0.1, 0.15) is 0 Å². The molecule has 0 bridgehead atoms. The summed E-state index contributed by atoms with van der Waals surface area (Å²) in [6, 6.07) is 21.2. The number of para-hydroxylation sites is 1. The minimum atomic E-state index is 0.176. The van der Waals surface area contributed by atoms with Gasteiger partial charge in [-0.25, -0.2) is 0 Å². The van der Waals surface area contributed by atoms with E-state index in [9.17, 15) is 4.79 Å². The van der Waals surface area contributed by atoms with Crippen molar-refractivity contribution in [3.8, 4) is 0 Å². The number of rotatable bonds is 4. The number of aromatic nitrogens is 1. The maximum atomic E-state index is 13.0. The molecule has 2 aliphatic heterocycles. The molecule has 2 aliphatic rings. The van der Waals surface area contributed by atoms with Gasteiger partial charge in [-0.05, 0) is 62.4 Å². The molecule has 1 unspecified atom stereocenters. The standard InChI is InChI=1S/C24H26N2O/c27-24-21(16-22-15-20-8-4-5-9-23(20)26(22)24)14-18-10-12-25(13-11-18)17-19-6-2-1-3-7-19/h1-9,15,18,21H,10-14,16-17H2. The predicted molar refractivity (Wildman–Crippen MR) is 109 cm³/mol. The van der Waals surface area contributed by atoms with Crippen molar-refractivity contribution in [3.63, 3.8) is 0 Å². The quantitative estimate of drug-likeness (QED) is 0.672. The van der Waals surface area contributed by atoms with Crippen molar-refractivity contribution in [2.24, 2.45) is 11.8 Å². The predicted octanol–water partition coefficient (Wildman–Crippen LogP) is 4.76. The Morgan fingerprint density at radius 1 is 0.926 bits per heavy atom. The van der Waals surface area contributed by atoms with E-state index < -0.39 is 0 Å². The number of nitrogens with zero attached hydrogens (tertiary/aromatic N) is 2. The van der Waals surface area contributed by atoms with E-state index in [0.717, 1.165) is 38.0 Å². The fourth-order valence-corrected chi connectivity index (χ4v) is 4.95. The van der Waals surface area contributed by atoms with E-state index in [1.165, 1.54) is 29.5 Å². The third kappa shape index (κ3) is 3.21. The summed E-state index contributed by atoms with van der Waals surface area (Å²) in [4.78, 5) is 15.6. The smallest absolute Gasteiger partial charge is 0.234 e. The monoisotopic (exact) mass is 358 g/mol. The maximum absolute atomic E-state index is 13.0. The Morgan fingerprint density at radius 3 is 2.48 bits per heavy atom. The highest BCUT2D eigenvalue weighted by Gasteiger charge is 2.34. The largest absolute Gasteiger partial charge is 0.299 e. The molecule has 3 heteroatoms. The van der Waals surface area contributed by atoms with Crippen LogP contribution < -0.4 is 0 Å². The van der Waals surface area contributed by atoms with Gasteiger partial charge in [0, 0.05) is 23.5 Å². The molecule has 5 rings (SSSR count). The second-order valence-corrected chi connectivity index (χ2v) is 8.21. The first-order valence-electron chi connectivity index (χ1n) is 10.2. The summed E-state index contributed by atoms with van der Waals surface area (Å²) in [5.74, 6) is 1.18. The first-order valence-corrected chi connectivity index (χ1v) is 10.2. The first kappa shape index (κ1) is 16.8. The van der Waals surface area contributed by atoms with Crippen LogP contribution in [0.15, 0.2) is 60.7 Å². The lowest BCUT2D eigenvalue weighted by molar-refractivity contribution is 0.0830. The molecule has 2 aromatic carbocycles. The van der Waals surface area contributed by atoms with E-state index in [4.69, 9.17) is 0 Å². The lowest BCUT2D eigenvalue weighted by Gasteiger charge is -2.32. The summed E-state index contributed by atoms with van der Waals surface area (Å²) in [6.45, 7) is 3.35. The number of likely N-dealkylation sites (tertiary alicyclic amines) is 1. The molecule has 3 aromatic rings. The van der Waals surface area contributed by atoms with Crippen LogP contribution in [0, 0.1) is 11.8 Å². The summed E-state index contributed by atoms with van der Waals surface area (Å²) in [5.41, 5.74) is 3.68. The summed E-state index contributed by atoms with van der Waals surface area (Å²) in [6.07, 6.45) is 4.39. The number of hydrogen-bond acceptors (Lipinski definition) is 2. The number of benzene rings is 2. The van der Waals surface area contributed by atoms with Crippen LogP contribution in [-0.2, 0) is 13.0 Å². The minimum Gasteiger partial charge on any atom is -0.299 e. The average molecular weight is 358 g/mol. The van der Waals surface area contributed by atoms with Crippen molar-refractivity contribution >= 4 is 16.8 Å². The Kier molecular flexibility index (Phi) is 4.33. The van der Waals surface area contributed by atoms with E-state index in [0.29, 0.717) is 11.8 Å². The number of fused-ring (bicyclic) bond motifs is 3. The normalized spacial score (nSPS) is 21.0. The lowest BCUT2D eigenvalue weighted by atomic mass is 9.85. The molecule has 0 amide bonds. The molecular formula is C24H26N2O. The van der Waals surface area contributed by atoms with Gasteiger partial charge in [0.2, 0.25) is 5.91 Å². The number of carbonyl (C=O) groups excluding carboxylic acids is 1. The topological polar surface area (TPSA) is 25.2 Å². The highest BCUT2D eigenvalue weighted by molar-refractivity contribution is 5.97. The van der Waals surface area contributed by atoms with Gasteiger partial charge >= 0.3 is 0 Å². The fraction of sp³-hybridized carbons (Fsp3) is 0.375. The van der Waals surface area contributed by atoms with Crippen LogP contribution in [0.5, 0.6) is 0 Å². The molecule has 3 nitrogen and oxygen atoms in total. The Balaban J connectivity index is 1.19. The zero-order chi connectivity index (χ0) is 18.2. The molecule has 27 heavy (non-hydrogen) atoms. The highest BCUT2D eigenvalue weighted by atomic mass is 16.2. The molecule has 0 radical (unpaired) electrons. The van der Waals surface area contributed by atoms with Crippen LogP contribution in [0.4, 0.5) is 0 Å². The Hall–Kier alpha value is -2.39. The van der Waals surface area contributed by atoms with Crippen LogP contribution in [-0.4, -0.2) is 28.5 Å². The van der Waals surface area contributed by atoms with Gasteiger partial charge in [0.25, 0.3) is 0 Å². The number of piperidine rings is 1. The van der Waals surface area contributed by atoms with E-state index >= 15 is 0 Å². The molecule has 1 saturated heterocycles. The van der Waals surface area contributed by atoms with Gasteiger partial charge < -0.3 is 0 Å². The van der Waals surface area contributed by atoms with Crippen molar-refractivity contribution in [1.82, 2.24) is 9.47 Å². The Bertz CT molecular complexity index is 951. The van der Waals surface area contributed by atoms with E-state index in [1.807, 2.05) is 16.7 Å². The Labute approximate surface area is 160 Å². The van der Waals surface area contributed by atoms with Crippen molar-refractivity contribution in [2.75, 3.05) is 13.1 Å². The van der Waals surface area contributed by atoms with E-state index in [1.54, 1.807) is 0 Å². The third-order valence-electron chi connectivity index (χ3n) is 6.39. The van der Waals surface area contributed by atoms with Crippen molar-refractivity contribution < 1.29 is 4.79 Å². The molecular weight excluding hydrogens is 332 g/mol. The molecule has 1 fully saturated rings. The first-order chi connectivity index (χ1) is 13.3. The third-order valence-corrected chi connectivity index (χ3v) is 6.39. The summed E-state index contributed by atoms with van der Waals surface area (Å²) in [5, 5.41) is 1.19. The SMILES string of the molecule is O=C1C(CC2CCN(Cc3ccccc3)CC2)Cc2cc3ccccc3n21. The summed E-state index contributed by atoms with van der Waals surface area (Å²) < 4.78 is 1.98. The minimum absolute atomic E-state index is 0.176. The fourth-order valence-electron chi connectivity index (χ4n) is 4.95. The Morgan fingerprint density at radius 2 is 1.67 bits per heavy atom. The molecule has 1 atom stereocenters. The molecule has 0 aliphatic carbocycles. The molecule has 0 N–H and O–H groups in total. The summed E-state index contributed by atoms with van der Waals surface area (Å²) >= 11 is 0. The van der Waals surface area contributed by atoms with Gasteiger partial charge in [-0.3, -0.25) is 14.3 Å². The van der Waals surface area contributed by atoms with Gasteiger partial charge in [-0.2, -0.15) is 0 Å². The molecule has 3 heterocycles. The summed E-state index contributed by atoms with van der Waals surface area (Å²) in [7, 11) is 0. The van der Waals surface area contributed by atoms with Crippen LogP contribution in [0.25, 0.3) is 10.9 Å².